The molecule has 3 heteroatoms. The molecule has 0 aromatic rings. The Bertz CT molecular complexity index is 206. The lowest BCUT2D eigenvalue weighted by Gasteiger charge is -2.36. The van der Waals surface area contributed by atoms with Crippen molar-refractivity contribution in [1.29, 1.82) is 0 Å². The molecule has 1 aliphatic rings. The van der Waals surface area contributed by atoms with Crippen LogP contribution in [-0.4, -0.2) is 62.2 Å². The van der Waals surface area contributed by atoms with Crippen LogP contribution in [0, 0.1) is 0 Å². The number of piperidine rings is 1. The average molecular weight is 255 g/mol. The van der Waals surface area contributed by atoms with E-state index in [1.165, 1.54) is 51.7 Å². The highest BCUT2D eigenvalue weighted by Crippen LogP contribution is 2.14. The fourth-order valence-electron chi connectivity index (χ4n) is 2.77. The van der Waals surface area contributed by atoms with Crippen LogP contribution in [0.15, 0.2) is 0 Å². The summed E-state index contributed by atoms with van der Waals surface area (Å²) in [6.45, 7) is 9.56. The predicted molar refractivity (Wildman–Crippen MR) is 80.1 cm³/mol. The molecule has 2 unspecified atom stereocenters. The van der Waals surface area contributed by atoms with E-state index in [0.717, 1.165) is 12.6 Å². The van der Waals surface area contributed by atoms with Crippen LogP contribution in [0.2, 0.25) is 0 Å². The first kappa shape index (κ1) is 15.9. The van der Waals surface area contributed by atoms with Gasteiger partial charge in [0.15, 0.2) is 0 Å². The van der Waals surface area contributed by atoms with Crippen molar-refractivity contribution >= 4 is 0 Å². The van der Waals surface area contributed by atoms with E-state index in [4.69, 9.17) is 0 Å². The van der Waals surface area contributed by atoms with Gasteiger partial charge >= 0.3 is 0 Å². The Morgan fingerprint density at radius 2 is 2.17 bits per heavy atom. The average Bonchev–Trinajstić information content (AvgIpc) is 2.36. The number of likely N-dealkylation sites (tertiary alicyclic amines) is 1. The molecule has 108 valence electrons. The van der Waals surface area contributed by atoms with Crippen LogP contribution in [0.4, 0.5) is 0 Å². The topological polar surface area (TPSA) is 18.5 Å². The number of hydrogen-bond acceptors (Lipinski definition) is 3. The van der Waals surface area contributed by atoms with Gasteiger partial charge in [0, 0.05) is 18.6 Å². The molecule has 0 aromatic heterocycles. The highest BCUT2D eigenvalue weighted by Gasteiger charge is 2.20. The Hall–Kier alpha value is -0.120. The largest absolute Gasteiger partial charge is 0.314 e. The van der Waals surface area contributed by atoms with Gasteiger partial charge in [0.2, 0.25) is 0 Å². The van der Waals surface area contributed by atoms with E-state index < -0.39 is 0 Å². The lowest BCUT2D eigenvalue weighted by atomic mass is 10.0. The molecule has 1 saturated heterocycles. The molecule has 0 aliphatic carbocycles. The summed E-state index contributed by atoms with van der Waals surface area (Å²) in [5.74, 6) is 0. The van der Waals surface area contributed by atoms with Gasteiger partial charge in [0.25, 0.3) is 0 Å². The fraction of sp³-hybridized carbons (Fsp3) is 1.00. The lowest BCUT2D eigenvalue weighted by Crippen LogP contribution is -2.45. The van der Waals surface area contributed by atoms with E-state index in [0.29, 0.717) is 6.04 Å². The minimum absolute atomic E-state index is 0.680. The Morgan fingerprint density at radius 3 is 2.83 bits per heavy atom. The van der Waals surface area contributed by atoms with Gasteiger partial charge in [0.05, 0.1) is 0 Å². The van der Waals surface area contributed by atoms with Gasteiger partial charge in [-0.05, 0) is 72.8 Å². The summed E-state index contributed by atoms with van der Waals surface area (Å²) < 4.78 is 0. The molecule has 1 fully saturated rings. The van der Waals surface area contributed by atoms with Crippen molar-refractivity contribution in [2.45, 2.75) is 58.0 Å². The van der Waals surface area contributed by atoms with Gasteiger partial charge in [-0.2, -0.15) is 0 Å². The van der Waals surface area contributed by atoms with Crippen LogP contribution in [0.3, 0.4) is 0 Å². The molecule has 2 atom stereocenters. The summed E-state index contributed by atoms with van der Waals surface area (Å²) >= 11 is 0. The third-order valence-corrected chi connectivity index (χ3v) is 4.07. The second kappa shape index (κ2) is 8.89. The van der Waals surface area contributed by atoms with E-state index in [9.17, 15) is 0 Å². The maximum atomic E-state index is 3.57. The van der Waals surface area contributed by atoms with Crippen molar-refractivity contribution < 1.29 is 0 Å². The van der Waals surface area contributed by atoms with Gasteiger partial charge in [-0.1, -0.05) is 6.92 Å². The van der Waals surface area contributed by atoms with Crippen LogP contribution in [0.25, 0.3) is 0 Å². The fourth-order valence-corrected chi connectivity index (χ4v) is 2.77. The van der Waals surface area contributed by atoms with Crippen LogP contribution < -0.4 is 5.32 Å². The monoisotopic (exact) mass is 255 g/mol. The molecule has 1 heterocycles. The van der Waals surface area contributed by atoms with E-state index in [2.05, 4.69) is 43.1 Å². The normalized spacial score (nSPS) is 23.5. The summed E-state index contributed by atoms with van der Waals surface area (Å²) in [7, 11) is 4.43. The minimum atomic E-state index is 0.680. The maximum absolute atomic E-state index is 3.57. The van der Waals surface area contributed by atoms with Gasteiger partial charge in [-0.15, -0.1) is 0 Å². The summed E-state index contributed by atoms with van der Waals surface area (Å²) in [5, 5.41) is 3.57. The van der Waals surface area contributed by atoms with Crippen molar-refractivity contribution in [3.05, 3.63) is 0 Å². The lowest BCUT2D eigenvalue weighted by molar-refractivity contribution is 0.131. The molecule has 1 rings (SSSR count). The zero-order chi connectivity index (χ0) is 13.4. The molecular weight excluding hydrogens is 222 g/mol. The van der Waals surface area contributed by atoms with Crippen molar-refractivity contribution in [1.82, 2.24) is 15.1 Å². The molecule has 0 spiro atoms. The van der Waals surface area contributed by atoms with Crippen LogP contribution in [0.5, 0.6) is 0 Å². The number of hydrogen-bond donors (Lipinski definition) is 1. The van der Waals surface area contributed by atoms with Crippen molar-refractivity contribution in [2.24, 2.45) is 0 Å². The first-order valence-corrected chi connectivity index (χ1v) is 7.75. The number of nitrogens with zero attached hydrogens (tertiary/aromatic N) is 2. The Kier molecular flexibility index (Phi) is 7.87. The van der Waals surface area contributed by atoms with Gasteiger partial charge in [0.1, 0.15) is 0 Å². The summed E-state index contributed by atoms with van der Waals surface area (Å²) in [6, 6.07) is 1.45. The standard InChI is InChI=1S/C15H33N3/c1-5-10-16-14(2)8-6-11-18-12-7-9-15(13-18)17(3)4/h14-16H,5-13H2,1-4H3. The number of rotatable bonds is 8. The molecule has 18 heavy (non-hydrogen) atoms. The summed E-state index contributed by atoms with van der Waals surface area (Å²) in [4.78, 5) is 5.04. The Morgan fingerprint density at radius 1 is 1.39 bits per heavy atom. The van der Waals surface area contributed by atoms with Crippen molar-refractivity contribution in [3.63, 3.8) is 0 Å². The minimum Gasteiger partial charge on any atom is -0.314 e. The molecule has 3 nitrogen and oxygen atoms in total. The number of nitrogens with one attached hydrogen (secondary N) is 1. The second-order valence-corrected chi connectivity index (χ2v) is 6.06. The SMILES string of the molecule is CCCNC(C)CCCN1CCCC(N(C)C)C1. The molecular formula is C15H33N3. The van der Waals surface area contributed by atoms with Gasteiger partial charge in [-0.25, -0.2) is 0 Å². The Labute approximate surface area is 114 Å². The Balaban J connectivity index is 2.11. The van der Waals surface area contributed by atoms with E-state index >= 15 is 0 Å². The first-order chi connectivity index (χ1) is 8.63. The van der Waals surface area contributed by atoms with Gasteiger partial charge < -0.3 is 15.1 Å². The predicted octanol–water partition coefficient (Wildman–Crippen LogP) is 2.18. The van der Waals surface area contributed by atoms with Crippen molar-refractivity contribution in [3.8, 4) is 0 Å². The number of likely N-dealkylation sites (N-methyl/N-ethyl adjacent to an activating group) is 1. The van der Waals surface area contributed by atoms with Crippen LogP contribution in [-0.2, 0) is 0 Å². The third-order valence-electron chi connectivity index (χ3n) is 4.07. The quantitative estimate of drug-likeness (QED) is 0.717. The molecule has 0 aromatic carbocycles. The summed E-state index contributed by atoms with van der Waals surface area (Å²) in [6.07, 6.45) is 6.62. The third kappa shape index (κ3) is 6.17. The molecule has 0 amide bonds. The van der Waals surface area contributed by atoms with E-state index in [1.54, 1.807) is 0 Å². The van der Waals surface area contributed by atoms with E-state index in [-0.39, 0.29) is 0 Å². The highest BCUT2D eigenvalue weighted by atomic mass is 15.2. The summed E-state index contributed by atoms with van der Waals surface area (Å²) in [5.41, 5.74) is 0. The second-order valence-electron chi connectivity index (χ2n) is 6.06. The first-order valence-electron chi connectivity index (χ1n) is 7.75. The molecule has 1 N–H and O–H groups in total. The highest BCUT2D eigenvalue weighted by molar-refractivity contribution is 4.78. The van der Waals surface area contributed by atoms with E-state index in [1.807, 2.05) is 0 Å². The van der Waals surface area contributed by atoms with Crippen molar-refractivity contribution in [2.75, 3.05) is 40.3 Å². The van der Waals surface area contributed by atoms with Crippen LogP contribution >= 0.6 is 0 Å². The zero-order valence-electron chi connectivity index (χ0n) is 12.9. The molecule has 1 aliphatic heterocycles. The van der Waals surface area contributed by atoms with Gasteiger partial charge in [-0.3, -0.25) is 0 Å². The smallest absolute Gasteiger partial charge is 0.0217 e. The molecule has 0 bridgehead atoms. The zero-order valence-corrected chi connectivity index (χ0v) is 12.9. The molecule has 0 saturated carbocycles. The maximum Gasteiger partial charge on any atom is 0.0217 e. The van der Waals surface area contributed by atoms with Crippen LogP contribution in [0.1, 0.15) is 46.0 Å². The molecule has 0 radical (unpaired) electrons.